The second kappa shape index (κ2) is 10.1. The van der Waals surface area contributed by atoms with E-state index < -0.39 is 0 Å². The average Bonchev–Trinajstić information content (AvgIpc) is 2.45. The topological polar surface area (TPSA) is 50.4 Å². The fraction of sp³-hybridized carbons (Fsp3) is 0.562. The SMILES string of the molecule is CCCCCC(C)NC(=O)NCCOc1ccccc1. The molecule has 20 heavy (non-hydrogen) atoms. The van der Waals surface area contributed by atoms with E-state index in [1.54, 1.807) is 0 Å². The van der Waals surface area contributed by atoms with Crippen LogP contribution in [0, 0.1) is 0 Å². The van der Waals surface area contributed by atoms with Gasteiger partial charge in [0.05, 0.1) is 6.54 Å². The third-order valence-corrected chi connectivity index (χ3v) is 3.02. The smallest absolute Gasteiger partial charge is 0.315 e. The molecule has 1 atom stereocenters. The Labute approximate surface area is 121 Å². The lowest BCUT2D eigenvalue weighted by atomic mass is 10.1. The number of nitrogens with one attached hydrogen (secondary N) is 2. The average molecular weight is 278 g/mol. The zero-order valence-corrected chi connectivity index (χ0v) is 12.5. The normalized spacial score (nSPS) is 11.7. The molecule has 0 saturated carbocycles. The number of hydrogen-bond acceptors (Lipinski definition) is 2. The van der Waals surface area contributed by atoms with Crippen molar-refractivity contribution >= 4 is 6.03 Å². The Kier molecular flexibility index (Phi) is 8.27. The second-order valence-electron chi connectivity index (χ2n) is 4.96. The molecule has 4 heteroatoms. The highest BCUT2D eigenvalue weighted by Crippen LogP contribution is 2.07. The summed E-state index contributed by atoms with van der Waals surface area (Å²) >= 11 is 0. The number of carbonyl (C=O) groups is 1. The van der Waals surface area contributed by atoms with Crippen molar-refractivity contribution in [1.82, 2.24) is 10.6 Å². The van der Waals surface area contributed by atoms with Crippen LogP contribution < -0.4 is 15.4 Å². The summed E-state index contributed by atoms with van der Waals surface area (Å²) < 4.78 is 5.50. The van der Waals surface area contributed by atoms with Crippen LogP contribution in [0.1, 0.15) is 39.5 Å². The lowest BCUT2D eigenvalue weighted by molar-refractivity contribution is 0.232. The molecule has 0 saturated heterocycles. The predicted octanol–water partition coefficient (Wildman–Crippen LogP) is 3.33. The highest BCUT2D eigenvalue weighted by Gasteiger charge is 2.05. The summed E-state index contributed by atoms with van der Waals surface area (Å²) in [6.45, 7) is 5.19. The van der Waals surface area contributed by atoms with Crippen molar-refractivity contribution in [1.29, 1.82) is 0 Å². The Balaban J connectivity index is 2.05. The standard InChI is InChI=1S/C16H26N2O2/c1-3-4-6-9-14(2)18-16(19)17-12-13-20-15-10-7-5-8-11-15/h5,7-8,10-11,14H,3-4,6,9,12-13H2,1-2H3,(H2,17,18,19). The van der Waals surface area contributed by atoms with Gasteiger partial charge in [-0.05, 0) is 25.5 Å². The monoisotopic (exact) mass is 278 g/mol. The molecular formula is C16H26N2O2. The highest BCUT2D eigenvalue weighted by molar-refractivity contribution is 5.74. The van der Waals surface area contributed by atoms with Crippen LogP contribution in [0.3, 0.4) is 0 Å². The number of para-hydroxylation sites is 1. The Hall–Kier alpha value is -1.71. The molecule has 1 unspecified atom stereocenters. The lowest BCUT2D eigenvalue weighted by Gasteiger charge is -2.14. The van der Waals surface area contributed by atoms with Crippen molar-refractivity contribution in [2.24, 2.45) is 0 Å². The van der Waals surface area contributed by atoms with Crippen molar-refractivity contribution in [3.63, 3.8) is 0 Å². The fourth-order valence-corrected chi connectivity index (χ4v) is 1.90. The largest absolute Gasteiger partial charge is 0.492 e. The number of ether oxygens (including phenoxy) is 1. The molecular weight excluding hydrogens is 252 g/mol. The summed E-state index contributed by atoms with van der Waals surface area (Å²) in [6.07, 6.45) is 4.62. The van der Waals surface area contributed by atoms with Crippen molar-refractivity contribution < 1.29 is 9.53 Å². The summed E-state index contributed by atoms with van der Waals surface area (Å²) in [5, 5.41) is 5.73. The van der Waals surface area contributed by atoms with E-state index in [2.05, 4.69) is 17.6 Å². The van der Waals surface area contributed by atoms with Gasteiger partial charge in [-0.1, -0.05) is 44.4 Å². The quantitative estimate of drug-likeness (QED) is 0.681. The van der Waals surface area contributed by atoms with E-state index in [-0.39, 0.29) is 12.1 Å². The molecule has 0 radical (unpaired) electrons. The zero-order valence-electron chi connectivity index (χ0n) is 12.5. The van der Waals surface area contributed by atoms with Crippen molar-refractivity contribution in [3.8, 4) is 5.75 Å². The maximum absolute atomic E-state index is 11.6. The Bertz CT molecular complexity index is 368. The molecule has 0 spiro atoms. The minimum absolute atomic E-state index is 0.120. The number of benzene rings is 1. The third-order valence-electron chi connectivity index (χ3n) is 3.02. The third kappa shape index (κ3) is 7.67. The van der Waals surface area contributed by atoms with Crippen molar-refractivity contribution in [2.75, 3.05) is 13.2 Å². The maximum atomic E-state index is 11.6. The number of amides is 2. The van der Waals surface area contributed by atoms with Gasteiger partial charge in [-0.2, -0.15) is 0 Å². The van der Waals surface area contributed by atoms with Crippen LogP contribution in [-0.4, -0.2) is 25.2 Å². The second-order valence-corrected chi connectivity index (χ2v) is 4.96. The first kappa shape index (κ1) is 16.3. The number of rotatable bonds is 9. The Morgan fingerprint density at radius 3 is 2.70 bits per heavy atom. The van der Waals surface area contributed by atoms with Gasteiger partial charge in [0, 0.05) is 6.04 Å². The number of urea groups is 1. The first-order valence-corrected chi connectivity index (χ1v) is 7.44. The van der Waals surface area contributed by atoms with Crippen LogP contribution >= 0.6 is 0 Å². The van der Waals surface area contributed by atoms with Gasteiger partial charge in [0.2, 0.25) is 0 Å². The van der Waals surface area contributed by atoms with Crippen LogP contribution in [0.4, 0.5) is 4.79 Å². The summed E-state index contributed by atoms with van der Waals surface area (Å²) in [7, 11) is 0. The molecule has 0 aliphatic heterocycles. The van der Waals surface area contributed by atoms with Crippen LogP contribution in [0.5, 0.6) is 5.75 Å². The van der Waals surface area contributed by atoms with Crippen LogP contribution in [-0.2, 0) is 0 Å². The summed E-state index contributed by atoms with van der Waals surface area (Å²) in [5.74, 6) is 0.822. The fourth-order valence-electron chi connectivity index (χ4n) is 1.90. The zero-order chi connectivity index (χ0) is 14.6. The van der Waals surface area contributed by atoms with Crippen LogP contribution in [0.25, 0.3) is 0 Å². The number of unbranched alkanes of at least 4 members (excludes halogenated alkanes) is 2. The minimum Gasteiger partial charge on any atom is -0.492 e. The van der Waals surface area contributed by atoms with Gasteiger partial charge < -0.3 is 15.4 Å². The first-order valence-electron chi connectivity index (χ1n) is 7.44. The maximum Gasteiger partial charge on any atom is 0.315 e. The van der Waals surface area contributed by atoms with Gasteiger partial charge in [0.15, 0.2) is 0 Å². The molecule has 0 fully saturated rings. The molecule has 0 aliphatic rings. The minimum atomic E-state index is -0.120. The van der Waals surface area contributed by atoms with Gasteiger partial charge in [0.1, 0.15) is 12.4 Å². The predicted molar refractivity (Wildman–Crippen MR) is 82.1 cm³/mol. The molecule has 0 heterocycles. The number of carbonyl (C=O) groups excluding carboxylic acids is 1. The van der Waals surface area contributed by atoms with Crippen molar-refractivity contribution in [3.05, 3.63) is 30.3 Å². The summed E-state index contributed by atoms with van der Waals surface area (Å²) in [5.41, 5.74) is 0. The molecule has 4 nitrogen and oxygen atoms in total. The molecule has 1 aromatic carbocycles. The summed E-state index contributed by atoms with van der Waals surface area (Å²) in [6, 6.07) is 9.69. The Morgan fingerprint density at radius 2 is 2.00 bits per heavy atom. The van der Waals surface area contributed by atoms with E-state index in [0.717, 1.165) is 18.6 Å². The van der Waals surface area contributed by atoms with E-state index in [4.69, 9.17) is 4.74 Å². The van der Waals surface area contributed by atoms with Gasteiger partial charge in [0.25, 0.3) is 0 Å². The molecule has 2 N–H and O–H groups in total. The molecule has 1 aromatic rings. The van der Waals surface area contributed by atoms with Crippen LogP contribution in [0.15, 0.2) is 30.3 Å². The van der Waals surface area contributed by atoms with Gasteiger partial charge in [-0.15, -0.1) is 0 Å². The first-order chi connectivity index (χ1) is 9.72. The van der Waals surface area contributed by atoms with E-state index in [0.29, 0.717) is 13.2 Å². The molecule has 1 rings (SSSR count). The van der Waals surface area contributed by atoms with E-state index >= 15 is 0 Å². The van der Waals surface area contributed by atoms with Gasteiger partial charge >= 0.3 is 6.03 Å². The highest BCUT2D eigenvalue weighted by atomic mass is 16.5. The molecule has 0 aliphatic carbocycles. The molecule has 0 bridgehead atoms. The Morgan fingerprint density at radius 1 is 1.25 bits per heavy atom. The van der Waals surface area contributed by atoms with E-state index in [9.17, 15) is 4.79 Å². The lowest BCUT2D eigenvalue weighted by Crippen LogP contribution is -2.42. The van der Waals surface area contributed by atoms with Gasteiger partial charge in [-0.3, -0.25) is 0 Å². The molecule has 0 aromatic heterocycles. The molecule has 112 valence electrons. The number of hydrogen-bond donors (Lipinski definition) is 2. The molecule has 2 amide bonds. The van der Waals surface area contributed by atoms with Crippen molar-refractivity contribution in [2.45, 2.75) is 45.6 Å². The van der Waals surface area contributed by atoms with Gasteiger partial charge in [-0.25, -0.2) is 4.79 Å². The van der Waals surface area contributed by atoms with E-state index in [1.165, 1.54) is 12.8 Å². The summed E-state index contributed by atoms with van der Waals surface area (Å²) in [4.78, 5) is 11.6. The van der Waals surface area contributed by atoms with Crippen LogP contribution in [0.2, 0.25) is 0 Å². The van der Waals surface area contributed by atoms with E-state index in [1.807, 2.05) is 37.3 Å².